The lowest BCUT2D eigenvalue weighted by Gasteiger charge is -2.13. The molecule has 0 aromatic heterocycles. The fourth-order valence-electron chi connectivity index (χ4n) is 2.06. The van der Waals surface area contributed by atoms with Crippen molar-refractivity contribution in [1.29, 1.82) is 0 Å². The first-order chi connectivity index (χ1) is 9.41. The fourth-order valence-corrected chi connectivity index (χ4v) is 2.91. The Kier molecular flexibility index (Phi) is 4.08. The van der Waals surface area contributed by atoms with Crippen LogP contribution < -0.4 is 10.9 Å². The van der Waals surface area contributed by atoms with Gasteiger partial charge in [0.05, 0.1) is 11.5 Å². The minimum absolute atomic E-state index is 0.0367. The van der Waals surface area contributed by atoms with Gasteiger partial charge in [-0.3, -0.25) is 0 Å². The number of rotatable bonds is 4. The van der Waals surface area contributed by atoms with Crippen LogP contribution in [-0.4, -0.2) is 13.5 Å². The van der Waals surface area contributed by atoms with Crippen molar-refractivity contribution in [3.8, 4) is 0 Å². The normalized spacial score (nSPS) is 11.5. The second-order valence-corrected chi connectivity index (χ2v) is 6.06. The first kappa shape index (κ1) is 14.5. The number of primary sulfonamides is 1. The van der Waals surface area contributed by atoms with E-state index in [2.05, 4.69) is 0 Å². The molecule has 0 bridgehead atoms. The Morgan fingerprint density at radius 1 is 1.05 bits per heavy atom. The summed E-state index contributed by atoms with van der Waals surface area (Å²) in [6.07, 6.45) is 0.365. The number of aliphatic hydroxyl groups excluding tert-OH is 1. The molecule has 106 valence electrons. The lowest BCUT2D eigenvalue weighted by atomic mass is 10.0. The Balaban J connectivity index is 2.57. The van der Waals surface area contributed by atoms with Gasteiger partial charge in [-0.25, -0.2) is 13.6 Å². The molecule has 0 atom stereocenters. The van der Waals surface area contributed by atoms with Crippen molar-refractivity contribution in [2.75, 3.05) is 5.73 Å². The predicted molar refractivity (Wildman–Crippen MR) is 77.4 cm³/mol. The van der Waals surface area contributed by atoms with Crippen molar-refractivity contribution in [2.24, 2.45) is 5.14 Å². The third-order valence-electron chi connectivity index (χ3n) is 3.02. The molecule has 0 saturated heterocycles. The molecule has 6 heteroatoms. The number of nitrogens with two attached hydrogens (primary N) is 2. The van der Waals surface area contributed by atoms with Crippen molar-refractivity contribution in [3.63, 3.8) is 0 Å². The van der Waals surface area contributed by atoms with Crippen LogP contribution in [0.1, 0.15) is 16.7 Å². The summed E-state index contributed by atoms with van der Waals surface area (Å²) < 4.78 is 23.4. The lowest BCUT2D eigenvalue weighted by molar-refractivity contribution is 0.281. The van der Waals surface area contributed by atoms with E-state index in [1.807, 2.05) is 30.3 Å². The number of hydrogen-bond donors (Lipinski definition) is 3. The topological polar surface area (TPSA) is 106 Å². The van der Waals surface area contributed by atoms with Gasteiger partial charge in [-0.15, -0.1) is 0 Å². The van der Waals surface area contributed by atoms with Crippen molar-refractivity contribution in [3.05, 3.63) is 59.2 Å². The molecule has 20 heavy (non-hydrogen) atoms. The highest BCUT2D eigenvalue weighted by Gasteiger charge is 2.18. The number of anilines is 1. The highest BCUT2D eigenvalue weighted by Crippen LogP contribution is 2.26. The summed E-state index contributed by atoms with van der Waals surface area (Å²) in [5.74, 6) is 0. The number of benzene rings is 2. The van der Waals surface area contributed by atoms with Gasteiger partial charge >= 0.3 is 0 Å². The number of sulfonamides is 1. The van der Waals surface area contributed by atoms with E-state index in [-0.39, 0.29) is 11.5 Å². The van der Waals surface area contributed by atoms with Gasteiger partial charge in [0.2, 0.25) is 10.0 Å². The van der Waals surface area contributed by atoms with Gasteiger partial charge in [-0.05, 0) is 28.8 Å². The molecule has 0 spiro atoms. The molecular formula is C14H16N2O3S. The fraction of sp³-hybridized carbons (Fsp3) is 0.143. The van der Waals surface area contributed by atoms with Gasteiger partial charge < -0.3 is 10.8 Å². The molecule has 2 aromatic rings. The van der Waals surface area contributed by atoms with Crippen LogP contribution in [0.15, 0.2) is 47.4 Å². The van der Waals surface area contributed by atoms with Crippen molar-refractivity contribution >= 4 is 15.7 Å². The first-order valence-electron chi connectivity index (χ1n) is 6.00. The maximum atomic E-state index is 11.7. The summed E-state index contributed by atoms with van der Waals surface area (Å²) in [5.41, 5.74) is 8.03. The van der Waals surface area contributed by atoms with E-state index in [1.165, 1.54) is 6.07 Å². The molecule has 0 fully saturated rings. The summed E-state index contributed by atoms with van der Waals surface area (Å²) in [4.78, 5) is -0.0367. The maximum absolute atomic E-state index is 11.7. The Morgan fingerprint density at radius 3 is 2.25 bits per heavy atom. The molecule has 0 aliphatic heterocycles. The smallest absolute Gasteiger partial charge is 0.238 e. The molecule has 0 saturated carbocycles. The van der Waals surface area contributed by atoms with Crippen LogP contribution in [0, 0.1) is 0 Å². The van der Waals surface area contributed by atoms with Gasteiger partial charge in [-0.1, -0.05) is 30.3 Å². The number of hydrogen-bond acceptors (Lipinski definition) is 4. The molecule has 0 radical (unpaired) electrons. The van der Waals surface area contributed by atoms with Crippen LogP contribution in [0.3, 0.4) is 0 Å². The maximum Gasteiger partial charge on any atom is 0.238 e. The molecule has 2 aromatic carbocycles. The summed E-state index contributed by atoms with van der Waals surface area (Å²) in [6.45, 7) is -0.293. The summed E-state index contributed by atoms with van der Waals surface area (Å²) in [5, 5.41) is 14.4. The summed E-state index contributed by atoms with van der Waals surface area (Å²) in [6, 6.07) is 12.3. The van der Waals surface area contributed by atoms with Crippen LogP contribution in [0.2, 0.25) is 0 Å². The molecular weight excluding hydrogens is 276 g/mol. The lowest BCUT2D eigenvalue weighted by Crippen LogP contribution is -2.16. The molecule has 0 aliphatic rings. The molecule has 0 unspecified atom stereocenters. The van der Waals surface area contributed by atoms with Crippen LogP contribution in [-0.2, 0) is 23.1 Å². The zero-order valence-corrected chi connectivity index (χ0v) is 11.6. The first-order valence-corrected chi connectivity index (χ1v) is 7.55. The van der Waals surface area contributed by atoms with Gasteiger partial charge in [0.1, 0.15) is 0 Å². The van der Waals surface area contributed by atoms with Crippen molar-refractivity contribution in [1.82, 2.24) is 0 Å². The molecule has 0 aliphatic carbocycles. The largest absolute Gasteiger partial charge is 0.398 e. The standard InChI is InChI=1S/C14H16N2O3S/c15-13-7-11(9-17)8-14(20(16,18)19)12(13)6-10-4-2-1-3-5-10/h1-5,7-8,17H,6,9,15H2,(H2,16,18,19). The van der Waals surface area contributed by atoms with Crippen molar-refractivity contribution < 1.29 is 13.5 Å². The highest BCUT2D eigenvalue weighted by molar-refractivity contribution is 7.89. The van der Waals surface area contributed by atoms with Gasteiger partial charge in [0.25, 0.3) is 0 Å². The average Bonchev–Trinajstić information content (AvgIpc) is 2.40. The van der Waals surface area contributed by atoms with Crippen LogP contribution in [0.4, 0.5) is 5.69 Å². The molecule has 2 rings (SSSR count). The molecule has 5 nitrogen and oxygen atoms in total. The second kappa shape index (κ2) is 5.62. The third kappa shape index (κ3) is 3.16. The van der Waals surface area contributed by atoms with Crippen LogP contribution in [0.25, 0.3) is 0 Å². The summed E-state index contributed by atoms with van der Waals surface area (Å²) >= 11 is 0. The molecule has 0 amide bonds. The van der Waals surface area contributed by atoms with Gasteiger partial charge in [0, 0.05) is 12.1 Å². The Hall–Kier alpha value is -1.89. The zero-order valence-electron chi connectivity index (χ0n) is 10.8. The number of aliphatic hydroxyl groups is 1. The van der Waals surface area contributed by atoms with Crippen LogP contribution >= 0.6 is 0 Å². The minimum atomic E-state index is -3.90. The number of nitrogen functional groups attached to an aromatic ring is 1. The quantitative estimate of drug-likeness (QED) is 0.731. The zero-order chi connectivity index (χ0) is 14.8. The van der Waals surface area contributed by atoms with E-state index < -0.39 is 10.0 Å². The van der Waals surface area contributed by atoms with Gasteiger partial charge in [-0.2, -0.15) is 0 Å². The van der Waals surface area contributed by atoms with Gasteiger partial charge in [0.15, 0.2) is 0 Å². The van der Waals surface area contributed by atoms with E-state index in [0.717, 1.165) is 5.56 Å². The average molecular weight is 292 g/mol. The van der Waals surface area contributed by atoms with Crippen LogP contribution in [0.5, 0.6) is 0 Å². The Labute approximate surface area is 117 Å². The Bertz CT molecular complexity index is 713. The van der Waals surface area contributed by atoms with E-state index in [9.17, 15) is 8.42 Å². The predicted octanol–water partition coefficient (Wildman–Crippen LogP) is 0.999. The Morgan fingerprint density at radius 2 is 1.70 bits per heavy atom. The highest BCUT2D eigenvalue weighted by atomic mass is 32.2. The molecule has 5 N–H and O–H groups in total. The monoisotopic (exact) mass is 292 g/mol. The minimum Gasteiger partial charge on any atom is -0.398 e. The van der Waals surface area contributed by atoms with E-state index >= 15 is 0 Å². The SMILES string of the molecule is Nc1cc(CO)cc(S(N)(=O)=O)c1Cc1ccccc1. The van der Waals surface area contributed by atoms with E-state index in [4.69, 9.17) is 16.0 Å². The third-order valence-corrected chi connectivity index (χ3v) is 3.99. The second-order valence-electron chi connectivity index (χ2n) is 4.53. The van der Waals surface area contributed by atoms with Crippen molar-refractivity contribution in [2.45, 2.75) is 17.9 Å². The molecule has 0 heterocycles. The van der Waals surface area contributed by atoms with E-state index in [1.54, 1.807) is 6.07 Å². The van der Waals surface area contributed by atoms with E-state index in [0.29, 0.717) is 23.2 Å². The summed E-state index contributed by atoms with van der Waals surface area (Å²) in [7, 11) is -3.90.